The number of carbonyl (C=O) groups is 3. The number of benzene rings is 2. The highest BCUT2D eigenvalue weighted by molar-refractivity contribution is 6.04. The Morgan fingerprint density at radius 1 is 1.00 bits per heavy atom. The molecule has 1 aliphatic carbocycles. The largest absolute Gasteiger partial charge is 0.455 e. The standard InChI is InChI=1S/C26H32N2O4/c1-3-18(2)24(19-11-5-4-6-12-19)26(31)32-17-23(29)28-22-16-10-9-15-21(22)25(30)27-20-13-7-8-14-20/h4-6,9-12,15-16,18,20,24H,3,7-8,13-14,17H2,1-2H3,(H,27,30)(H,28,29)/t18-,24+/m0/s1. The third-order valence-electron chi connectivity index (χ3n) is 6.11. The number of hydrogen-bond acceptors (Lipinski definition) is 4. The number of amides is 2. The van der Waals surface area contributed by atoms with Crippen LogP contribution in [0.15, 0.2) is 54.6 Å². The second kappa shape index (κ2) is 11.5. The molecule has 2 amide bonds. The normalized spacial score (nSPS) is 15.6. The first-order chi connectivity index (χ1) is 15.5. The summed E-state index contributed by atoms with van der Waals surface area (Å²) in [7, 11) is 0. The van der Waals surface area contributed by atoms with E-state index in [1.165, 1.54) is 0 Å². The molecule has 0 radical (unpaired) electrons. The van der Waals surface area contributed by atoms with Gasteiger partial charge in [-0.3, -0.25) is 14.4 Å². The van der Waals surface area contributed by atoms with Crippen molar-refractivity contribution in [1.29, 1.82) is 0 Å². The fraction of sp³-hybridized carbons (Fsp3) is 0.423. The Bertz CT molecular complexity index is 922. The summed E-state index contributed by atoms with van der Waals surface area (Å²) >= 11 is 0. The number of esters is 1. The van der Waals surface area contributed by atoms with E-state index in [1.54, 1.807) is 24.3 Å². The molecule has 2 aromatic rings. The first-order valence-corrected chi connectivity index (χ1v) is 11.4. The van der Waals surface area contributed by atoms with Crippen molar-refractivity contribution in [2.24, 2.45) is 5.92 Å². The SMILES string of the molecule is CC[C@H](C)[C@@H](C(=O)OCC(=O)Nc1ccccc1C(=O)NC1CCCC1)c1ccccc1. The monoisotopic (exact) mass is 436 g/mol. The summed E-state index contributed by atoms with van der Waals surface area (Å²) in [5, 5.41) is 5.75. The summed E-state index contributed by atoms with van der Waals surface area (Å²) in [4.78, 5) is 38.0. The highest BCUT2D eigenvalue weighted by Gasteiger charge is 2.28. The lowest BCUT2D eigenvalue weighted by molar-refractivity contribution is -0.150. The van der Waals surface area contributed by atoms with E-state index in [-0.39, 0.29) is 17.9 Å². The molecule has 1 aliphatic rings. The lowest BCUT2D eigenvalue weighted by atomic mass is 9.86. The molecule has 170 valence electrons. The van der Waals surface area contributed by atoms with Crippen LogP contribution in [0.1, 0.15) is 67.8 Å². The van der Waals surface area contributed by atoms with Crippen LogP contribution in [0.5, 0.6) is 0 Å². The molecule has 2 aromatic carbocycles. The van der Waals surface area contributed by atoms with Crippen LogP contribution in [0, 0.1) is 5.92 Å². The zero-order valence-corrected chi connectivity index (χ0v) is 18.8. The first kappa shape index (κ1) is 23.5. The molecule has 0 unspecified atom stereocenters. The maximum Gasteiger partial charge on any atom is 0.314 e. The second-order valence-corrected chi connectivity index (χ2v) is 8.43. The van der Waals surface area contributed by atoms with Gasteiger partial charge in [-0.25, -0.2) is 0 Å². The smallest absolute Gasteiger partial charge is 0.314 e. The highest BCUT2D eigenvalue weighted by atomic mass is 16.5. The van der Waals surface area contributed by atoms with Crippen molar-refractivity contribution in [1.82, 2.24) is 5.32 Å². The van der Waals surface area contributed by atoms with Gasteiger partial charge in [-0.15, -0.1) is 0 Å². The van der Waals surface area contributed by atoms with E-state index in [2.05, 4.69) is 10.6 Å². The van der Waals surface area contributed by atoms with Crippen LogP contribution in [-0.2, 0) is 14.3 Å². The first-order valence-electron chi connectivity index (χ1n) is 11.4. The Labute approximate surface area is 189 Å². The maximum atomic E-state index is 12.8. The van der Waals surface area contributed by atoms with Gasteiger partial charge < -0.3 is 15.4 Å². The van der Waals surface area contributed by atoms with Crippen molar-refractivity contribution in [3.63, 3.8) is 0 Å². The Hall–Kier alpha value is -3.15. The molecular weight excluding hydrogens is 404 g/mol. The van der Waals surface area contributed by atoms with Crippen LogP contribution < -0.4 is 10.6 Å². The zero-order chi connectivity index (χ0) is 22.9. The second-order valence-electron chi connectivity index (χ2n) is 8.43. The Morgan fingerprint density at radius 2 is 1.66 bits per heavy atom. The molecule has 3 rings (SSSR count). The van der Waals surface area contributed by atoms with Crippen molar-refractivity contribution in [2.45, 2.75) is 57.9 Å². The van der Waals surface area contributed by atoms with Gasteiger partial charge >= 0.3 is 5.97 Å². The van der Waals surface area contributed by atoms with E-state index in [0.717, 1.165) is 37.7 Å². The van der Waals surface area contributed by atoms with Gasteiger partial charge in [0.25, 0.3) is 11.8 Å². The Morgan fingerprint density at radius 3 is 2.34 bits per heavy atom. The van der Waals surface area contributed by atoms with E-state index in [4.69, 9.17) is 4.74 Å². The predicted octanol–water partition coefficient (Wildman–Crippen LogP) is 4.67. The minimum atomic E-state index is -0.476. The summed E-state index contributed by atoms with van der Waals surface area (Å²) < 4.78 is 5.37. The topological polar surface area (TPSA) is 84.5 Å². The predicted molar refractivity (Wildman–Crippen MR) is 124 cm³/mol. The van der Waals surface area contributed by atoms with Gasteiger partial charge in [0.15, 0.2) is 6.61 Å². The molecule has 6 nitrogen and oxygen atoms in total. The number of rotatable bonds is 9. The highest BCUT2D eigenvalue weighted by Crippen LogP contribution is 2.28. The third kappa shape index (κ3) is 6.19. The van der Waals surface area contributed by atoms with Crippen LogP contribution in [0.4, 0.5) is 5.69 Å². The zero-order valence-electron chi connectivity index (χ0n) is 18.8. The van der Waals surface area contributed by atoms with E-state index in [1.807, 2.05) is 44.2 Å². The number of ether oxygens (including phenoxy) is 1. The Kier molecular flexibility index (Phi) is 8.42. The average molecular weight is 437 g/mol. The molecule has 0 heterocycles. The van der Waals surface area contributed by atoms with Gasteiger partial charge in [0.2, 0.25) is 0 Å². The average Bonchev–Trinajstić information content (AvgIpc) is 3.31. The van der Waals surface area contributed by atoms with E-state index >= 15 is 0 Å². The molecule has 1 fully saturated rings. The van der Waals surface area contributed by atoms with Crippen LogP contribution >= 0.6 is 0 Å². The molecule has 1 saturated carbocycles. The fourth-order valence-corrected chi connectivity index (χ4v) is 4.13. The van der Waals surface area contributed by atoms with Crippen molar-refractivity contribution < 1.29 is 19.1 Å². The summed E-state index contributed by atoms with van der Waals surface area (Å²) in [5.74, 6) is -1.46. The van der Waals surface area contributed by atoms with Crippen LogP contribution in [0.3, 0.4) is 0 Å². The number of para-hydroxylation sites is 1. The maximum absolute atomic E-state index is 12.8. The van der Waals surface area contributed by atoms with Gasteiger partial charge in [-0.1, -0.05) is 75.6 Å². The molecule has 0 spiro atoms. The van der Waals surface area contributed by atoms with E-state index in [0.29, 0.717) is 11.3 Å². The number of carbonyl (C=O) groups excluding carboxylic acids is 3. The summed E-state index contributed by atoms with van der Waals surface area (Å²) in [6.07, 6.45) is 5.01. The minimum Gasteiger partial charge on any atom is -0.455 e. The van der Waals surface area contributed by atoms with Crippen molar-refractivity contribution in [3.8, 4) is 0 Å². The molecule has 0 aromatic heterocycles. The molecule has 2 N–H and O–H groups in total. The molecule has 0 saturated heterocycles. The van der Waals surface area contributed by atoms with Gasteiger partial charge in [-0.05, 0) is 36.5 Å². The van der Waals surface area contributed by atoms with Crippen molar-refractivity contribution >= 4 is 23.5 Å². The van der Waals surface area contributed by atoms with Gasteiger partial charge in [0, 0.05) is 6.04 Å². The third-order valence-corrected chi connectivity index (χ3v) is 6.11. The van der Waals surface area contributed by atoms with Crippen molar-refractivity contribution in [2.75, 3.05) is 11.9 Å². The molecule has 32 heavy (non-hydrogen) atoms. The quantitative estimate of drug-likeness (QED) is 0.560. The lowest BCUT2D eigenvalue weighted by Crippen LogP contribution is -2.33. The summed E-state index contributed by atoms with van der Waals surface area (Å²) in [5.41, 5.74) is 1.69. The van der Waals surface area contributed by atoms with Gasteiger partial charge in [-0.2, -0.15) is 0 Å². The molecule has 0 aliphatic heterocycles. The van der Waals surface area contributed by atoms with Gasteiger partial charge in [0.05, 0.1) is 17.2 Å². The summed E-state index contributed by atoms with van der Waals surface area (Å²) in [6, 6.07) is 16.5. The summed E-state index contributed by atoms with van der Waals surface area (Å²) in [6.45, 7) is 3.61. The van der Waals surface area contributed by atoms with E-state index in [9.17, 15) is 14.4 Å². The van der Waals surface area contributed by atoms with Crippen LogP contribution in [-0.4, -0.2) is 30.4 Å². The number of anilines is 1. The van der Waals surface area contributed by atoms with Crippen LogP contribution in [0.2, 0.25) is 0 Å². The lowest BCUT2D eigenvalue weighted by Gasteiger charge is -2.22. The molecule has 6 heteroatoms. The molecule has 0 bridgehead atoms. The minimum absolute atomic E-state index is 0.0768. The fourth-order valence-electron chi connectivity index (χ4n) is 4.13. The van der Waals surface area contributed by atoms with Crippen molar-refractivity contribution in [3.05, 3.63) is 65.7 Å². The van der Waals surface area contributed by atoms with E-state index < -0.39 is 24.4 Å². The number of hydrogen-bond donors (Lipinski definition) is 2. The molecule has 2 atom stereocenters. The van der Waals surface area contributed by atoms with Crippen LogP contribution in [0.25, 0.3) is 0 Å². The Balaban J connectivity index is 1.61. The van der Waals surface area contributed by atoms with Gasteiger partial charge in [0.1, 0.15) is 0 Å². The molecular formula is C26H32N2O4. The number of nitrogens with one attached hydrogen (secondary N) is 2.